The fraction of sp³-hybridized carbons (Fsp3) is 0.0909. The molecule has 2 rings (SSSR count). The molecule has 0 spiro atoms. The van der Waals surface area contributed by atoms with Gasteiger partial charge in [0.1, 0.15) is 0 Å². The molecule has 2 aromatic rings. The first kappa shape index (κ1) is 10.9. The highest BCUT2D eigenvalue weighted by atomic mass is 32.2. The standard InChI is InChI=1S/C11H11NO3S/c1-8-2-4-9(5-3-8)10-6-7-12-11(10)16(13,14)15/h2-7,12H,1H3,(H,13,14,15). The molecule has 16 heavy (non-hydrogen) atoms. The van der Waals surface area contributed by atoms with Gasteiger partial charge >= 0.3 is 10.1 Å². The summed E-state index contributed by atoms with van der Waals surface area (Å²) in [6.45, 7) is 1.95. The van der Waals surface area contributed by atoms with Crippen LogP contribution in [0.15, 0.2) is 41.6 Å². The van der Waals surface area contributed by atoms with E-state index in [0.29, 0.717) is 5.56 Å². The van der Waals surface area contributed by atoms with Gasteiger partial charge in [-0.15, -0.1) is 0 Å². The minimum atomic E-state index is -4.20. The second-order valence-electron chi connectivity index (χ2n) is 3.56. The van der Waals surface area contributed by atoms with Gasteiger partial charge in [-0.3, -0.25) is 4.55 Å². The summed E-state index contributed by atoms with van der Waals surface area (Å²) in [5.41, 5.74) is 2.31. The van der Waals surface area contributed by atoms with Crippen LogP contribution in [-0.2, 0) is 10.1 Å². The van der Waals surface area contributed by atoms with Gasteiger partial charge in [-0.05, 0) is 18.6 Å². The number of nitrogens with one attached hydrogen (secondary N) is 1. The van der Waals surface area contributed by atoms with Crippen molar-refractivity contribution < 1.29 is 13.0 Å². The first-order chi connectivity index (χ1) is 7.48. The molecule has 0 saturated heterocycles. The van der Waals surface area contributed by atoms with Crippen LogP contribution in [0.3, 0.4) is 0 Å². The fourth-order valence-corrected chi connectivity index (χ4v) is 2.21. The van der Waals surface area contributed by atoms with Crippen molar-refractivity contribution in [3.05, 3.63) is 42.1 Å². The van der Waals surface area contributed by atoms with E-state index in [0.717, 1.165) is 11.1 Å². The minimum absolute atomic E-state index is 0.170. The smallest absolute Gasteiger partial charge is 0.310 e. The predicted octanol–water partition coefficient (Wildman–Crippen LogP) is 2.24. The molecule has 0 radical (unpaired) electrons. The Hall–Kier alpha value is -1.59. The summed E-state index contributed by atoms with van der Waals surface area (Å²) in [7, 11) is -4.20. The summed E-state index contributed by atoms with van der Waals surface area (Å²) in [5, 5.41) is -0.170. The summed E-state index contributed by atoms with van der Waals surface area (Å²) >= 11 is 0. The Morgan fingerprint density at radius 1 is 1.12 bits per heavy atom. The molecule has 1 aromatic carbocycles. The van der Waals surface area contributed by atoms with Crippen LogP contribution in [-0.4, -0.2) is 18.0 Å². The van der Waals surface area contributed by atoms with E-state index >= 15 is 0 Å². The van der Waals surface area contributed by atoms with Crippen LogP contribution in [0.2, 0.25) is 0 Å². The van der Waals surface area contributed by atoms with E-state index in [2.05, 4.69) is 4.98 Å². The van der Waals surface area contributed by atoms with E-state index in [4.69, 9.17) is 4.55 Å². The van der Waals surface area contributed by atoms with Crippen molar-refractivity contribution in [3.8, 4) is 11.1 Å². The molecule has 0 atom stereocenters. The van der Waals surface area contributed by atoms with Gasteiger partial charge in [-0.2, -0.15) is 8.42 Å². The molecule has 0 amide bonds. The highest BCUT2D eigenvalue weighted by Gasteiger charge is 2.17. The van der Waals surface area contributed by atoms with Crippen molar-refractivity contribution >= 4 is 10.1 Å². The van der Waals surface area contributed by atoms with Crippen LogP contribution in [0.25, 0.3) is 11.1 Å². The molecule has 0 fully saturated rings. The van der Waals surface area contributed by atoms with Crippen LogP contribution < -0.4 is 0 Å². The molecule has 0 aliphatic carbocycles. The Morgan fingerprint density at radius 2 is 1.75 bits per heavy atom. The Bertz CT molecular complexity index is 596. The molecule has 5 heteroatoms. The number of aromatic nitrogens is 1. The van der Waals surface area contributed by atoms with Crippen molar-refractivity contribution in [2.75, 3.05) is 0 Å². The van der Waals surface area contributed by atoms with E-state index in [1.165, 1.54) is 6.20 Å². The van der Waals surface area contributed by atoms with Gasteiger partial charge in [0, 0.05) is 11.8 Å². The molecule has 0 bridgehead atoms. The van der Waals surface area contributed by atoms with Gasteiger partial charge in [0.05, 0.1) is 0 Å². The fourth-order valence-electron chi connectivity index (χ4n) is 1.53. The van der Waals surface area contributed by atoms with E-state index in [1.807, 2.05) is 31.2 Å². The maximum atomic E-state index is 11.1. The molecular weight excluding hydrogens is 226 g/mol. The second kappa shape index (κ2) is 3.77. The van der Waals surface area contributed by atoms with Crippen LogP contribution in [0.4, 0.5) is 0 Å². The van der Waals surface area contributed by atoms with Crippen molar-refractivity contribution in [1.29, 1.82) is 0 Å². The van der Waals surface area contributed by atoms with E-state index in [9.17, 15) is 8.42 Å². The summed E-state index contributed by atoms with van der Waals surface area (Å²) in [5.74, 6) is 0. The lowest BCUT2D eigenvalue weighted by Gasteiger charge is -2.02. The third-order valence-corrected chi connectivity index (χ3v) is 3.18. The number of H-pyrrole nitrogens is 1. The molecule has 1 aromatic heterocycles. The Balaban J connectivity index is 2.58. The van der Waals surface area contributed by atoms with Gasteiger partial charge in [0.15, 0.2) is 5.03 Å². The maximum absolute atomic E-state index is 11.1. The van der Waals surface area contributed by atoms with Crippen LogP contribution >= 0.6 is 0 Å². The zero-order chi connectivity index (χ0) is 11.8. The molecule has 0 aliphatic heterocycles. The van der Waals surface area contributed by atoms with E-state index < -0.39 is 10.1 Å². The minimum Gasteiger partial charge on any atom is -0.350 e. The molecule has 84 valence electrons. The number of rotatable bonds is 2. The first-order valence-electron chi connectivity index (χ1n) is 4.70. The Morgan fingerprint density at radius 3 is 2.31 bits per heavy atom. The highest BCUT2D eigenvalue weighted by Crippen LogP contribution is 2.26. The van der Waals surface area contributed by atoms with Gasteiger partial charge in [0.25, 0.3) is 0 Å². The van der Waals surface area contributed by atoms with Crippen molar-refractivity contribution in [2.24, 2.45) is 0 Å². The number of hydrogen-bond acceptors (Lipinski definition) is 2. The summed E-state index contributed by atoms with van der Waals surface area (Å²) < 4.78 is 31.2. The number of hydrogen-bond donors (Lipinski definition) is 2. The monoisotopic (exact) mass is 237 g/mol. The van der Waals surface area contributed by atoms with Crippen LogP contribution in [0, 0.1) is 6.92 Å². The molecule has 4 nitrogen and oxygen atoms in total. The lowest BCUT2D eigenvalue weighted by Crippen LogP contribution is -2.00. The lowest BCUT2D eigenvalue weighted by atomic mass is 10.1. The number of aromatic amines is 1. The third kappa shape index (κ3) is 2.00. The topological polar surface area (TPSA) is 70.2 Å². The SMILES string of the molecule is Cc1ccc(-c2cc[nH]c2S(=O)(=O)O)cc1. The zero-order valence-corrected chi connectivity index (χ0v) is 9.45. The highest BCUT2D eigenvalue weighted by molar-refractivity contribution is 7.85. The molecule has 0 aliphatic rings. The van der Waals surface area contributed by atoms with Crippen molar-refractivity contribution in [1.82, 2.24) is 4.98 Å². The average Bonchev–Trinajstić information content (AvgIpc) is 2.66. The maximum Gasteiger partial charge on any atom is 0.310 e. The average molecular weight is 237 g/mol. The summed E-state index contributed by atoms with van der Waals surface area (Å²) in [6.07, 6.45) is 1.48. The third-order valence-electron chi connectivity index (χ3n) is 2.33. The largest absolute Gasteiger partial charge is 0.350 e. The zero-order valence-electron chi connectivity index (χ0n) is 8.64. The van der Waals surface area contributed by atoms with Crippen molar-refractivity contribution in [3.63, 3.8) is 0 Å². The summed E-state index contributed by atoms with van der Waals surface area (Å²) in [6, 6.07) is 9.01. The Kier molecular flexibility index (Phi) is 2.57. The number of benzene rings is 1. The molecule has 0 saturated carbocycles. The lowest BCUT2D eigenvalue weighted by molar-refractivity contribution is 0.480. The predicted molar refractivity (Wildman–Crippen MR) is 60.8 cm³/mol. The van der Waals surface area contributed by atoms with Gasteiger partial charge in [-0.1, -0.05) is 29.8 Å². The quantitative estimate of drug-likeness (QED) is 0.787. The van der Waals surface area contributed by atoms with Crippen molar-refractivity contribution in [2.45, 2.75) is 11.9 Å². The second-order valence-corrected chi connectivity index (χ2v) is 4.92. The molecule has 2 N–H and O–H groups in total. The van der Waals surface area contributed by atoms with Gasteiger partial charge in [0.2, 0.25) is 0 Å². The van der Waals surface area contributed by atoms with Crippen LogP contribution in [0.1, 0.15) is 5.56 Å². The normalized spacial score (nSPS) is 11.6. The van der Waals surface area contributed by atoms with Gasteiger partial charge in [-0.25, -0.2) is 0 Å². The van der Waals surface area contributed by atoms with E-state index in [1.54, 1.807) is 6.07 Å². The first-order valence-corrected chi connectivity index (χ1v) is 6.14. The molecular formula is C11H11NO3S. The Labute approximate surface area is 93.7 Å². The molecule has 0 unspecified atom stereocenters. The van der Waals surface area contributed by atoms with Crippen LogP contribution in [0.5, 0.6) is 0 Å². The summed E-state index contributed by atoms with van der Waals surface area (Å²) in [4.78, 5) is 2.52. The van der Waals surface area contributed by atoms with E-state index in [-0.39, 0.29) is 5.03 Å². The van der Waals surface area contributed by atoms with Gasteiger partial charge < -0.3 is 4.98 Å². The molecule has 1 heterocycles. The number of aryl methyl sites for hydroxylation is 1.